The summed E-state index contributed by atoms with van der Waals surface area (Å²) in [5.41, 5.74) is 0.525. The second-order valence-corrected chi connectivity index (χ2v) is 4.73. The van der Waals surface area contributed by atoms with Crippen molar-refractivity contribution in [3.63, 3.8) is 0 Å². The fourth-order valence-electron chi connectivity index (χ4n) is 1.50. The van der Waals surface area contributed by atoms with E-state index in [4.69, 9.17) is 23.2 Å². The molecule has 5 heteroatoms. The van der Waals surface area contributed by atoms with Crippen LogP contribution in [-0.2, 0) is 0 Å². The van der Waals surface area contributed by atoms with Crippen molar-refractivity contribution < 1.29 is 9.50 Å². The highest BCUT2D eigenvalue weighted by molar-refractivity contribution is 6.36. The Labute approximate surface area is 111 Å². The summed E-state index contributed by atoms with van der Waals surface area (Å²) in [5.74, 6) is -0.490. The van der Waals surface area contributed by atoms with Gasteiger partial charge in [-0.3, -0.25) is 0 Å². The summed E-state index contributed by atoms with van der Waals surface area (Å²) in [5, 5.41) is 13.0. The molecule has 1 rings (SSSR count). The molecule has 1 aromatic carbocycles. The number of hydrogen-bond donors (Lipinski definition) is 2. The van der Waals surface area contributed by atoms with Crippen LogP contribution in [0.4, 0.5) is 4.39 Å². The van der Waals surface area contributed by atoms with Crippen LogP contribution in [0.25, 0.3) is 0 Å². The Bertz CT molecular complexity index is 387. The minimum Gasteiger partial charge on any atom is -0.392 e. The molecule has 2 unspecified atom stereocenters. The molecule has 0 aliphatic rings. The minimum atomic E-state index is -0.490. The minimum absolute atomic E-state index is 0.0310. The lowest BCUT2D eigenvalue weighted by Gasteiger charge is -2.19. The van der Waals surface area contributed by atoms with Crippen LogP contribution >= 0.6 is 23.2 Å². The Morgan fingerprint density at radius 1 is 1.41 bits per heavy atom. The van der Waals surface area contributed by atoms with Gasteiger partial charge in [0.15, 0.2) is 0 Å². The van der Waals surface area contributed by atoms with Gasteiger partial charge in [-0.1, -0.05) is 30.1 Å². The molecule has 96 valence electrons. The van der Waals surface area contributed by atoms with Crippen LogP contribution in [0.2, 0.25) is 10.0 Å². The predicted octanol–water partition coefficient (Wildman–Crippen LogP) is 3.55. The maximum Gasteiger partial charge on any atom is 0.142 e. The highest BCUT2D eigenvalue weighted by Gasteiger charge is 2.17. The van der Waals surface area contributed by atoms with Crippen molar-refractivity contribution in [1.29, 1.82) is 0 Å². The van der Waals surface area contributed by atoms with Gasteiger partial charge in [0.2, 0.25) is 0 Å². The third-order valence-electron chi connectivity index (χ3n) is 2.64. The Morgan fingerprint density at radius 2 is 2.06 bits per heavy atom. The summed E-state index contributed by atoms with van der Waals surface area (Å²) in [6.45, 7) is 4.13. The summed E-state index contributed by atoms with van der Waals surface area (Å²) in [7, 11) is 0. The summed E-state index contributed by atoms with van der Waals surface area (Å²) >= 11 is 11.9. The van der Waals surface area contributed by atoms with Gasteiger partial charge in [0.05, 0.1) is 11.1 Å². The van der Waals surface area contributed by atoms with Crippen molar-refractivity contribution in [2.24, 2.45) is 0 Å². The summed E-state index contributed by atoms with van der Waals surface area (Å²) < 4.78 is 13.3. The van der Waals surface area contributed by atoms with E-state index < -0.39 is 11.9 Å². The number of hydrogen-bond acceptors (Lipinski definition) is 2. The first-order chi connectivity index (χ1) is 7.97. The van der Waals surface area contributed by atoms with E-state index in [1.54, 1.807) is 0 Å². The number of nitrogens with one attached hydrogen (secondary N) is 1. The number of aliphatic hydroxyl groups excluding tert-OH is 1. The number of rotatable bonds is 5. The molecule has 0 aliphatic heterocycles. The van der Waals surface area contributed by atoms with Crippen LogP contribution in [0.15, 0.2) is 12.1 Å². The zero-order valence-corrected chi connectivity index (χ0v) is 11.3. The van der Waals surface area contributed by atoms with Crippen LogP contribution in [0, 0.1) is 5.82 Å². The first kappa shape index (κ1) is 14.7. The number of halogens is 3. The van der Waals surface area contributed by atoms with E-state index in [0.29, 0.717) is 23.6 Å². The molecule has 0 bridgehead atoms. The largest absolute Gasteiger partial charge is 0.392 e. The zero-order chi connectivity index (χ0) is 13.0. The van der Waals surface area contributed by atoms with E-state index in [1.165, 1.54) is 12.1 Å². The molecule has 0 fully saturated rings. The predicted molar refractivity (Wildman–Crippen MR) is 69.1 cm³/mol. The first-order valence-electron chi connectivity index (χ1n) is 5.52. The van der Waals surface area contributed by atoms with Crippen molar-refractivity contribution >= 4 is 23.2 Å². The molecule has 0 amide bonds. The maximum atomic E-state index is 13.3. The van der Waals surface area contributed by atoms with Gasteiger partial charge >= 0.3 is 0 Å². The average Bonchev–Trinajstić information content (AvgIpc) is 2.31. The fraction of sp³-hybridized carbons (Fsp3) is 0.500. The van der Waals surface area contributed by atoms with Gasteiger partial charge < -0.3 is 10.4 Å². The molecule has 0 radical (unpaired) electrons. The molecule has 0 aromatic heterocycles. The van der Waals surface area contributed by atoms with Crippen LogP contribution in [-0.4, -0.2) is 17.8 Å². The molecule has 2 N–H and O–H groups in total. The lowest BCUT2D eigenvalue weighted by Crippen LogP contribution is -2.29. The second-order valence-electron chi connectivity index (χ2n) is 3.95. The molecule has 17 heavy (non-hydrogen) atoms. The molecular formula is C12H16Cl2FNO. The van der Waals surface area contributed by atoms with E-state index in [-0.39, 0.29) is 11.1 Å². The molecule has 2 atom stereocenters. The average molecular weight is 280 g/mol. The van der Waals surface area contributed by atoms with Crippen molar-refractivity contribution in [2.45, 2.75) is 32.4 Å². The first-order valence-corrected chi connectivity index (χ1v) is 6.27. The topological polar surface area (TPSA) is 32.3 Å². The quantitative estimate of drug-likeness (QED) is 0.808. The van der Waals surface area contributed by atoms with Gasteiger partial charge in [0, 0.05) is 23.2 Å². The number of benzene rings is 1. The maximum absolute atomic E-state index is 13.3. The molecule has 0 saturated carbocycles. The van der Waals surface area contributed by atoms with E-state index in [9.17, 15) is 9.50 Å². The summed E-state index contributed by atoms with van der Waals surface area (Å²) in [6, 6.07) is 2.50. The molecule has 0 heterocycles. The Hall–Kier alpha value is -0.350. The smallest absolute Gasteiger partial charge is 0.142 e. The third kappa shape index (κ3) is 3.81. The molecular weight excluding hydrogens is 264 g/mol. The number of aliphatic hydroxyl groups is 1. The van der Waals surface area contributed by atoms with Crippen molar-refractivity contribution in [3.8, 4) is 0 Å². The monoisotopic (exact) mass is 279 g/mol. The van der Waals surface area contributed by atoms with Gasteiger partial charge in [-0.05, 0) is 25.5 Å². The lowest BCUT2D eigenvalue weighted by molar-refractivity contribution is 0.164. The van der Waals surface area contributed by atoms with Gasteiger partial charge in [-0.15, -0.1) is 0 Å². The second kappa shape index (κ2) is 6.55. The Balaban J connectivity index is 2.81. The fourth-order valence-corrected chi connectivity index (χ4v) is 2.20. The molecule has 0 saturated heterocycles. The SMILES string of the molecule is CCC(O)CNC(C)c1c(Cl)ccc(F)c1Cl. The van der Waals surface area contributed by atoms with Crippen molar-refractivity contribution in [1.82, 2.24) is 5.32 Å². The van der Waals surface area contributed by atoms with E-state index in [0.717, 1.165) is 0 Å². The summed E-state index contributed by atoms with van der Waals surface area (Å²) in [4.78, 5) is 0. The molecule has 0 spiro atoms. The van der Waals surface area contributed by atoms with Gasteiger partial charge in [0.1, 0.15) is 5.82 Å². The van der Waals surface area contributed by atoms with Gasteiger partial charge in [-0.2, -0.15) is 0 Å². The van der Waals surface area contributed by atoms with Crippen molar-refractivity contribution in [2.75, 3.05) is 6.54 Å². The highest BCUT2D eigenvalue weighted by Crippen LogP contribution is 2.32. The normalized spacial score (nSPS) is 14.7. The third-order valence-corrected chi connectivity index (χ3v) is 3.36. The Morgan fingerprint density at radius 3 is 2.65 bits per heavy atom. The molecule has 1 aromatic rings. The standard InChI is InChI=1S/C12H16Cl2FNO/c1-3-8(17)6-16-7(2)11-9(13)4-5-10(15)12(11)14/h4-5,7-8,16-17H,3,6H2,1-2H3. The van der Waals surface area contributed by atoms with Crippen LogP contribution in [0.5, 0.6) is 0 Å². The van der Waals surface area contributed by atoms with Crippen molar-refractivity contribution in [3.05, 3.63) is 33.6 Å². The highest BCUT2D eigenvalue weighted by atomic mass is 35.5. The Kier molecular flexibility index (Phi) is 5.67. The van der Waals surface area contributed by atoms with Crippen LogP contribution in [0.3, 0.4) is 0 Å². The van der Waals surface area contributed by atoms with E-state index in [2.05, 4.69) is 5.32 Å². The molecule has 2 nitrogen and oxygen atoms in total. The van der Waals surface area contributed by atoms with E-state index in [1.807, 2.05) is 13.8 Å². The van der Waals surface area contributed by atoms with Crippen LogP contribution < -0.4 is 5.32 Å². The zero-order valence-electron chi connectivity index (χ0n) is 9.80. The van der Waals surface area contributed by atoms with Crippen LogP contribution in [0.1, 0.15) is 31.9 Å². The molecule has 0 aliphatic carbocycles. The van der Waals surface area contributed by atoms with Gasteiger partial charge in [-0.25, -0.2) is 4.39 Å². The summed E-state index contributed by atoms with van der Waals surface area (Å²) in [6.07, 6.45) is 0.230. The lowest BCUT2D eigenvalue weighted by atomic mass is 10.1. The van der Waals surface area contributed by atoms with Gasteiger partial charge in [0.25, 0.3) is 0 Å². The van der Waals surface area contributed by atoms with E-state index >= 15 is 0 Å².